The van der Waals surface area contributed by atoms with Gasteiger partial charge in [0.2, 0.25) is 0 Å². The van der Waals surface area contributed by atoms with Crippen LogP contribution in [0, 0.1) is 0 Å². The lowest BCUT2D eigenvalue weighted by Gasteiger charge is -2.24. The van der Waals surface area contributed by atoms with Crippen molar-refractivity contribution in [1.29, 1.82) is 0 Å². The average Bonchev–Trinajstić information content (AvgIpc) is 2.77. The first-order valence-electron chi connectivity index (χ1n) is 11.5. The largest absolute Gasteiger partial charge is 0.494 e. The summed E-state index contributed by atoms with van der Waals surface area (Å²) in [5.41, 5.74) is 5.60. The summed E-state index contributed by atoms with van der Waals surface area (Å²) in [5, 5.41) is 9.07. The zero-order valence-corrected chi connectivity index (χ0v) is 20.2. The van der Waals surface area contributed by atoms with E-state index in [1.807, 2.05) is 50.2 Å². The molecule has 0 aromatic heterocycles. The van der Waals surface area contributed by atoms with Gasteiger partial charge in [0, 0.05) is 0 Å². The predicted octanol–water partition coefficient (Wildman–Crippen LogP) is 7.21. The SMILES string of the molecule is CCOc1cccc(-c2ccc(COc3cccc([C@@H](C)CC(=O)O)c3)cc2C(C)(C)C)c1. The highest BCUT2D eigenvalue weighted by Crippen LogP contribution is 2.35. The maximum Gasteiger partial charge on any atom is 0.303 e. The fourth-order valence-corrected chi connectivity index (χ4v) is 3.93. The highest BCUT2D eigenvalue weighted by molar-refractivity contribution is 5.70. The van der Waals surface area contributed by atoms with Crippen LogP contribution in [0.1, 0.15) is 63.6 Å². The van der Waals surface area contributed by atoms with Crippen molar-refractivity contribution < 1.29 is 19.4 Å². The van der Waals surface area contributed by atoms with Crippen molar-refractivity contribution in [2.45, 2.75) is 59.0 Å². The summed E-state index contributed by atoms with van der Waals surface area (Å²) in [6, 6.07) is 22.4. The van der Waals surface area contributed by atoms with E-state index in [1.165, 1.54) is 11.1 Å². The predicted molar refractivity (Wildman–Crippen MR) is 133 cm³/mol. The number of aliphatic carboxylic acids is 1. The van der Waals surface area contributed by atoms with E-state index in [-0.39, 0.29) is 17.8 Å². The minimum atomic E-state index is -0.796. The number of ether oxygens (including phenoxy) is 2. The molecule has 0 unspecified atom stereocenters. The molecule has 0 saturated heterocycles. The first-order valence-corrected chi connectivity index (χ1v) is 11.5. The molecule has 1 atom stereocenters. The molecule has 4 nitrogen and oxygen atoms in total. The van der Waals surface area contributed by atoms with Gasteiger partial charge in [0.05, 0.1) is 13.0 Å². The normalized spacial score (nSPS) is 12.3. The zero-order valence-electron chi connectivity index (χ0n) is 20.2. The third-order valence-electron chi connectivity index (χ3n) is 5.66. The van der Waals surface area contributed by atoms with Gasteiger partial charge in [-0.3, -0.25) is 4.79 Å². The zero-order chi connectivity index (χ0) is 24.0. The van der Waals surface area contributed by atoms with E-state index in [1.54, 1.807) is 0 Å². The molecule has 33 heavy (non-hydrogen) atoms. The van der Waals surface area contributed by atoms with Gasteiger partial charge in [-0.1, -0.05) is 70.2 Å². The van der Waals surface area contributed by atoms with Crippen LogP contribution in [0.5, 0.6) is 11.5 Å². The molecule has 0 bridgehead atoms. The lowest BCUT2D eigenvalue weighted by Crippen LogP contribution is -2.14. The monoisotopic (exact) mass is 446 g/mol. The average molecular weight is 447 g/mol. The van der Waals surface area contributed by atoms with Crippen molar-refractivity contribution in [3.63, 3.8) is 0 Å². The van der Waals surface area contributed by atoms with Crippen molar-refractivity contribution in [2.75, 3.05) is 6.61 Å². The van der Waals surface area contributed by atoms with Gasteiger partial charge in [-0.15, -0.1) is 0 Å². The Morgan fingerprint density at radius 3 is 2.30 bits per heavy atom. The van der Waals surface area contributed by atoms with Crippen molar-refractivity contribution in [1.82, 2.24) is 0 Å². The Morgan fingerprint density at radius 2 is 1.64 bits per heavy atom. The molecule has 1 N–H and O–H groups in total. The fourth-order valence-electron chi connectivity index (χ4n) is 3.93. The third kappa shape index (κ3) is 6.61. The van der Waals surface area contributed by atoms with E-state index in [4.69, 9.17) is 14.6 Å². The number of hydrogen-bond donors (Lipinski definition) is 1. The van der Waals surface area contributed by atoms with Crippen LogP contribution >= 0.6 is 0 Å². The lowest BCUT2D eigenvalue weighted by atomic mass is 9.81. The number of hydrogen-bond acceptors (Lipinski definition) is 3. The lowest BCUT2D eigenvalue weighted by molar-refractivity contribution is -0.137. The number of rotatable bonds is 9. The van der Waals surface area contributed by atoms with Gasteiger partial charge >= 0.3 is 5.97 Å². The molecule has 0 spiro atoms. The van der Waals surface area contributed by atoms with Gasteiger partial charge in [0.15, 0.2) is 0 Å². The molecule has 0 aliphatic heterocycles. The van der Waals surface area contributed by atoms with E-state index in [0.717, 1.165) is 28.2 Å². The van der Waals surface area contributed by atoms with Crippen LogP contribution in [0.4, 0.5) is 0 Å². The topological polar surface area (TPSA) is 55.8 Å². The smallest absolute Gasteiger partial charge is 0.303 e. The first-order chi connectivity index (χ1) is 15.7. The molecule has 0 saturated carbocycles. The molecule has 3 aromatic rings. The number of carbonyl (C=O) groups is 1. The molecule has 0 radical (unpaired) electrons. The van der Waals surface area contributed by atoms with Gasteiger partial charge in [-0.25, -0.2) is 0 Å². The summed E-state index contributed by atoms with van der Waals surface area (Å²) in [5.74, 6) is 0.760. The molecule has 0 heterocycles. The fraction of sp³-hybridized carbons (Fsp3) is 0.345. The molecule has 3 aromatic carbocycles. The van der Waals surface area contributed by atoms with E-state index >= 15 is 0 Å². The van der Waals surface area contributed by atoms with Gasteiger partial charge in [0.25, 0.3) is 0 Å². The molecule has 0 aliphatic rings. The summed E-state index contributed by atoms with van der Waals surface area (Å²) >= 11 is 0. The van der Waals surface area contributed by atoms with E-state index in [0.29, 0.717) is 13.2 Å². The standard InChI is InChI=1S/C29H34O4/c1-6-32-24-11-8-10-23(18-24)26-14-13-21(16-27(26)29(3,4)5)19-33-25-12-7-9-22(17-25)20(2)15-28(30)31/h7-14,16-18,20H,6,15,19H2,1-5H3,(H,30,31)/t20-/m0/s1. The van der Waals surface area contributed by atoms with Gasteiger partial charge in [-0.2, -0.15) is 0 Å². The second kappa shape index (κ2) is 10.6. The van der Waals surface area contributed by atoms with Crippen LogP contribution in [-0.4, -0.2) is 17.7 Å². The van der Waals surface area contributed by atoms with Gasteiger partial charge in [-0.05, 0) is 70.3 Å². The Kier molecular flexibility index (Phi) is 7.80. The van der Waals surface area contributed by atoms with Crippen molar-refractivity contribution in [2.24, 2.45) is 0 Å². The second-order valence-electron chi connectivity index (χ2n) is 9.45. The Balaban J connectivity index is 1.83. The summed E-state index contributed by atoms with van der Waals surface area (Å²) in [6.07, 6.45) is 0.102. The molecule has 4 heteroatoms. The van der Waals surface area contributed by atoms with Crippen LogP contribution < -0.4 is 9.47 Å². The molecule has 0 amide bonds. The van der Waals surface area contributed by atoms with Crippen LogP contribution in [0.3, 0.4) is 0 Å². The van der Waals surface area contributed by atoms with Crippen molar-refractivity contribution >= 4 is 5.97 Å². The summed E-state index contributed by atoms with van der Waals surface area (Å²) in [7, 11) is 0. The summed E-state index contributed by atoms with van der Waals surface area (Å²) < 4.78 is 11.8. The molecular formula is C29H34O4. The van der Waals surface area contributed by atoms with Crippen LogP contribution in [0.2, 0.25) is 0 Å². The Hall–Kier alpha value is -3.27. The molecule has 0 aliphatic carbocycles. The summed E-state index contributed by atoms with van der Waals surface area (Å²) in [4.78, 5) is 11.0. The minimum Gasteiger partial charge on any atom is -0.494 e. The van der Waals surface area contributed by atoms with Gasteiger partial charge < -0.3 is 14.6 Å². The maximum absolute atomic E-state index is 11.0. The van der Waals surface area contributed by atoms with Crippen LogP contribution in [0.25, 0.3) is 11.1 Å². The Morgan fingerprint density at radius 1 is 0.939 bits per heavy atom. The highest BCUT2D eigenvalue weighted by Gasteiger charge is 2.20. The summed E-state index contributed by atoms with van der Waals surface area (Å²) in [6.45, 7) is 11.6. The van der Waals surface area contributed by atoms with E-state index in [9.17, 15) is 4.79 Å². The van der Waals surface area contributed by atoms with Crippen molar-refractivity contribution in [3.8, 4) is 22.6 Å². The Bertz CT molecular complexity index is 1090. The number of carboxylic acid groups (broad SMARTS) is 1. The van der Waals surface area contributed by atoms with E-state index in [2.05, 4.69) is 51.1 Å². The maximum atomic E-state index is 11.0. The van der Waals surface area contributed by atoms with Crippen LogP contribution in [-0.2, 0) is 16.8 Å². The third-order valence-corrected chi connectivity index (χ3v) is 5.66. The highest BCUT2D eigenvalue weighted by atomic mass is 16.5. The molecular weight excluding hydrogens is 412 g/mol. The number of benzene rings is 3. The van der Waals surface area contributed by atoms with Gasteiger partial charge in [0.1, 0.15) is 18.1 Å². The first kappa shape index (κ1) is 24.4. The van der Waals surface area contributed by atoms with E-state index < -0.39 is 5.97 Å². The quantitative estimate of drug-likeness (QED) is 0.377. The molecule has 174 valence electrons. The second-order valence-corrected chi connectivity index (χ2v) is 9.45. The Labute approximate surface area is 197 Å². The number of carboxylic acids is 1. The van der Waals surface area contributed by atoms with Crippen LogP contribution in [0.15, 0.2) is 66.7 Å². The minimum absolute atomic E-state index is 0.0425. The van der Waals surface area contributed by atoms with Crippen molar-refractivity contribution in [3.05, 3.63) is 83.4 Å². The molecule has 0 fully saturated rings. The molecule has 3 rings (SSSR count).